The van der Waals surface area contributed by atoms with Gasteiger partial charge >= 0.3 is 0 Å². The molecule has 1 aromatic heterocycles. The molecule has 0 saturated heterocycles. The lowest BCUT2D eigenvalue weighted by Crippen LogP contribution is -2.29. The van der Waals surface area contributed by atoms with Crippen LogP contribution in [0.5, 0.6) is 0 Å². The molecule has 3 rings (SSSR count). The molecule has 2 aromatic rings. The standard InChI is InChI=1S/C14H15BrN2S/c15-13-8-18-7-12(13)14(17-16)11-6-10(11)9-4-2-1-3-5-9/h1-5,7-8,10-11,14,17H,6,16H2. The van der Waals surface area contributed by atoms with Crippen molar-refractivity contribution in [1.29, 1.82) is 0 Å². The molecule has 2 nitrogen and oxygen atoms in total. The van der Waals surface area contributed by atoms with Gasteiger partial charge in [-0.05, 0) is 50.7 Å². The first-order valence-corrected chi connectivity index (χ1v) is 7.77. The normalized spacial score (nSPS) is 23.9. The Bertz CT molecular complexity index is 526. The first-order chi connectivity index (χ1) is 8.81. The summed E-state index contributed by atoms with van der Waals surface area (Å²) in [5.74, 6) is 6.99. The highest BCUT2D eigenvalue weighted by molar-refractivity contribution is 9.10. The van der Waals surface area contributed by atoms with Gasteiger partial charge in [0.05, 0.1) is 6.04 Å². The number of halogens is 1. The van der Waals surface area contributed by atoms with Crippen LogP contribution in [-0.2, 0) is 0 Å². The highest BCUT2D eigenvalue weighted by atomic mass is 79.9. The Morgan fingerprint density at radius 2 is 2.06 bits per heavy atom. The number of nitrogens with two attached hydrogens (primary N) is 1. The Kier molecular flexibility index (Phi) is 3.52. The minimum Gasteiger partial charge on any atom is -0.271 e. The maximum atomic E-state index is 5.75. The monoisotopic (exact) mass is 322 g/mol. The largest absolute Gasteiger partial charge is 0.271 e. The van der Waals surface area contributed by atoms with Gasteiger partial charge in [-0.3, -0.25) is 11.3 Å². The summed E-state index contributed by atoms with van der Waals surface area (Å²) in [5, 5.41) is 4.29. The minimum absolute atomic E-state index is 0.246. The van der Waals surface area contributed by atoms with Crippen molar-refractivity contribution < 1.29 is 0 Å². The smallest absolute Gasteiger partial charge is 0.0513 e. The van der Waals surface area contributed by atoms with Crippen LogP contribution in [0.4, 0.5) is 0 Å². The summed E-state index contributed by atoms with van der Waals surface area (Å²) in [7, 11) is 0. The zero-order valence-corrected chi connectivity index (χ0v) is 12.2. The van der Waals surface area contributed by atoms with Crippen LogP contribution in [0.1, 0.15) is 29.5 Å². The van der Waals surface area contributed by atoms with Crippen LogP contribution < -0.4 is 11.3 Å². The second-order valence-corrected chi connectivity index (χ2v) is 6.33. The molecule has 3 unspecified atom stereocenters. The van der Waals surface area contributed by atoms with E-state index in [0.717, 1.165) is 4.47 Å². The zero-order valence-electron chi connectivity index (χ0n) is 9.84. The molecule has 4 heteroatoms. The predicted molar refractivity (Wildman–Crippen MR) is 79.4 cm³/mol. The second-order valence-electron chi connectivity index (χ2n) is 4.74. The number of rotatable bonds is 4. The fourth-order valence-corrected chi connectivity index (χ4v) is 4.20. The molecule has 0 radical (unpaired) electrons. The number of thiophene rings is 1. The van der Waals surface area contributed by atoms with Crippen LogP contribution >= 0.6 is 27.3 Å². The van der Waals surface area contributed by atoms with Crippen LogP contribution in [0.15, 0.2) is 45.6 Å². The SMILES string of the molecule is NNC(c1cscc1Br)C1CC1c1ccccc1. The Balaban J connectivity index is 1.79. The first-order valence-electron chi connectivity index (χ1n) is 6.04. The molecule has 1 aromatic carbocycles. The van der Waals surface area contributed by atoms with Gasteiger partial charge in [-0.1, -0.05) is 30.3 Å². The van der Waals surface area contributed by atoms with Crippen molar-refractivity contribution in [3.8, 4) is 0 Å². The van der Waals surface area contributed by atoms with E-state index in [-0.39, 0.29) is 6.04 Å². The molecule has 3 N–H and O–H groups in total. The van der Waals surface area contributed by atoms with Crippen molar-refractivity contribution in [1.82, 2.24) is 5.43 Å². The van der Waals surface area contributed by atoms with Crippen LogP contribution in [0.25, 0.3) is 0 Å². The van der Waals surface area contributed by atoms with E-state index in [0.29, 0.717) is 11.8 Å². The highest BCUT2D eigenvalue weighted by Gasteiger charge is 2.44. The lowest BCUT2D eigenvalue weighted by molar-refractivity contribution is 0.487. The molecule has 3 atom stereocenters. The fourth-order valence-electron chi connectivity index (χ4n) is 2.62. The van der Waals surface area contributed by atoms with E-state index in [1.807, 2.05) is 0 Å². The third-order valence-corrected chi connectivity index (χ3v) is 5.40. The first kappa shape index (κ1) is 12.4. The van der Waals surface area contributed by atoms with Gasteiger partial charge in [-0.2, -0.15) is 11.3 Å². The third kappa shape index (κ3) is 2.26. The molecule has 18 heavy (non-hydrogen) atoms. The third-order valence-electron chi connectivity index (χ3n) is 3.65. The summed E-state index contributed by atoms with van der Waals surface area (Å²) in [6.45, 7) is 0. The predicted octanol–water partition coefficient (Wildman–Crippen LogP) is 3.82. The summed E-state index contributed by atoms with van der Waals surface area (Å²) in [5.41, 5.74) is 5.69. The molecule has 1 aliphatic carbocycles. The summed E-state index contributed by atoms with van der Waals surface area (Å²) >= 11 is 5.30. The molecule has 0 spiro atoms. The average Bonchev–Trinajstić information content (AvgIpc) is 3.08. The molecular weight excluding hydrogens is 308 g/mol. The number of benzene rings is 1. The maximum Gasteiger partial charge on any atom is 0.0513 e. The van der Waals surface area contributed by atoms with E-state index < -0.39 is 0 Å². The van der Waals surface area contributed by atoms with Crippen LogP contribution in [0, 0.1) is 5.92 Å². The quantitative estimate of drug-likeness (QED) is 0.663. The molecule has 0 bridgehead atoms. The van der Waals surface area contributed by atoms with Crippen LogP contribution in [0.2, 0.25) is 0 Å². The van der Waals surface area contributed by atoms with Gasteiger partial charge in [0.15, 0.2) is 0 Å². The highest BCUT2D eigenvalue weighted by Crippen LogP contribution is 2.54. The summed E-state index contributed by atoms with van der Waals surface area (Å²) < 4.78 is 1.16. The van der Waals surface area contributed by atoms with Crippen molar-refractivity contribution in [2.45, 2.75) is 18.4 Å². The maximum absolute atomic E-state index is 5.75. The summed E-state index contributed by atoms with van der Waals surface area (Å²) in [6, 6.07) is 10.9. The van der Waals surface area contributed by atoms with Crippen molar-refractivity contribution in [3.63, 3.8) is 0 Å². The summed E-state index contributed by atoms with van der Waals surface area (Å²) in [4.78, 5) is 0. The van der Waals surface area contributed by atoms with E-state index >= 15 is 0 Å². The van der Waals surface area contributed by atoms with Gasteiger partial charge in [0.1, 0.15) is 0 Å². The van der Waals surface area contributed by atoms with Gasteiger partial charge in [-0.25, -0.2) is 0 Å². The topological polar surface area (TPSA) is 38.0 Å². The van der Waals surface area contributed by atoms with Crippen LogP contribution in [-0.4, -0.2) is 0 Å². The molecular formula is C14H15BrN2S. The minimum atomic E-state index is 0.246. The van der Waals surface area contributed by atoms with Crippen LogP contribution in [0.3, 0.4) is 0 Å². The lowest BCUT2D eigenvalue weighted by Gasteiger charge is -2.15. The van der Waals surface area contributed by atoms with Crippen molar-refractivity contribution in [2.75, 3.05) is 0 Å². The number of hydrogen-bond donors (Lipinski definition) is 2. The second kappa shape index (κ2) is 5.13. The Morgan fingerprint density at radius 1 is 1.28 bits per heavy atom. The van der Waals surface area contributed by atoms with Crippen molar-refractivity contribution in [2.24, 2.45) is 11.8 Å². The van der Waals surface area contributed by atoms with Crippen molar-refractivity contribution >= 4 is 27.3 Å². The van der Waals surface area contributed by atoms with Gasteiger partial charge in [0.2, 0.25) is 0 Å². The van der Waals surface area contributed by atoms with E-state index in [1.165, 1.54) is 17.5 Å². The molecule has 0 amide bonds. The van der Waals surface area contributed by atoms with Gasteiger partial charge < -0.3 is 0 Å². The molecule has 0 aliphatic heterocycles. The average molecular weight is 323 g/mol. The Labute approximate surface area is 119 Å². The Hall–Kier alpha value is -0.680. The van der Waals surface area contributed by atoms with Crippen molar-refractivity contribution in [3.05, 3.63) is 56.7 Å². The number of hydrogen-bond acceptors (Lipinski definition) is 3. The molecule has 1 saturated carbocycles. The van der Waals surface area contributed by atoms with E-state index in [1.54, 1.807) is 11.3 Å². The molecule has 1 heterocycles. The van der Waals surface area contributed by atoms with Gasteiger partial charge in [0, 0.05) is 9.85 Å². The zero-order chi connectivity index (χ0) is 12.5. The number of nitrogens with one attached hydrogen (secondary N) is 1. The van der Waals surface area contributed by atoms with Gasteiger partial charge in [-0.15, -0.1) is 0 Å². The van der Waals surface area contributed by atoms with Gasteiger partial charge in [0.25, 0.3) is 0 Å². The molecule has 94 valence electrons. The molecule has 1 aliphatic rings. The van der Waals surface area contributed by atoms with E-state index in [9.17, 15) is 0 Å². The fraction of sp³-hybridized carbons (Fsp3) is 0.286. The number of hydrazine groups is 1. The lowest BCUT2D eigenvalue weighted by atomic mass is 10.0. The molecule has 1 fully saturated rings. The van der Waals surface area contributed by atoms with E-state index in [4.69, 9.17) is 5.84 Å². The van der Waals surface area contributed by atoms with E-state index in [2.05, 4.69) is 62.4 Å². The summed E-state index contributed by atoms with van der Waals surface area (Å²) in [6.07, 6.45) is 1.21. The Morgan fingerprint density at radius 3 is 2.67 bits per heavy atom.